The lowest BCUT2D eigenvalue weighted by Crippen LogP contribution is -2.08. The molecule has 4 rings (SSSR count). The molecule has 1 atom stereocenters. The van der Waals surface area contributed by atoms with Crippen LogP contribution in [0.2, 0.25) is 0 Å². The third-order valence-electron chi connectivity index (χ3n) is 5.70. The van der Waals surface area contributed by atoms with Crippen LogP contribution < -0.4 is 25.0 Å². The van der Waals surface area contributed by atoms with E-state index in [9.17, 15) is 0 Å². The molecule has 0 saturated heterocycles. The summed E-state index contributed by atoms with van der Waals surface area (Å²) in [6.07, 6.45) is 2.36. The zero-order valence-corrected chi connectivity index (χ0v) is 20.0. The highest BCUT2D eigenvalue weighted by Crippen LogP contribution is 2.34. The molecule has 0 aliphatic heterocycles. The van der Waals surface area contributed by atoms with Gasteiger partial charge >= 0.3 is 0 Å². The molecule has 1 aromatic heterocycles. The molecule has 1 heterocycles. The number of hydrogen-bond donors (Lipinski definition) is 1. The quantitative estimate of drug-likeness (QED) is 0.363. The Labute approximate surface area is 201 Å². The second-order valence-electron chi connectivity index (χ2n) is 8.15. The molecule has 7 heteroatoms. The summed E-state index contributed by atoms with van der Waals surface area (Å²) in [5.41, 5.74) is 4.66. The van der Waals surface area contributed by atoms with E-state index in [1.54, 1.807) is 14.2 Å². The number of benzene rings is 3. The van der Waals surface area contributed by atoms with E-state index in [1.807, 2.05) is 43.3 Å². The molecule has 0 aliphatic carbocycles. The van der Waals surface area contributed by atoms with Gasteiger partial charge in [0.1, 0.15) is 25.7 Å². The number of nitrogens with zero attached hydrogens (tertiary/aromatic N) is 2. The SMILES string of the molecule is [B]c1cc(C[C@@H](C)c2cccc(OCC)c2)cc(Nc2ncnc3cc(OC)c(OC)cc23)c1. The van der Waals surface area contributed by atoms with Crippen molar-refractivity contribution in [3.8, 4) is 17.2 Å². The van der Waals surface area contributed by atoms with Gasteiger partial charge < -0.3 is 19.5 Å². The van der Waals surface area contributed by atoms with Gasteiger partial charge in [-0.05, 0) is 60.7 Å². The summed E-state index contributed by atoms with van der Waals surface area (Å²) in [6, 6.07) is 18.0. The van der Waals surface area contributed by atoms with Crippen molar-refractivity contribution >= 4 is 35.7 Å². The van der Waals surface area contributed by atoms with E-state index in [-0.39, 0.29) is 0 Å². The van der Waals surface area contributed by atoms with E-state index in [0.717, 1.165) is 34.3 Å². The first-order valence-electron chi connectivity index (χ1n) is 11.3. The number of fused-ring (bicyclic) bond motifs is 1. The highest BCUT2D eigenvalue weighted by Gasteiger charge is 2.13. The average Bonchev–Trinajstić information content (AvgIpc) is 2.83. The lowest BCUT2D eigenvalue weighted by Gasteiger charge is -2.16. The van der Waals surface area contributed by atoms with Crippen LogP contribution in [0.25, 0.3) is 10.9 Å². The van der Waals surface area contributed by atoms with Gasteiger partial charge in [0.25, 0.3) is 0 Å². The Kier molecular flexibility index (Phi) is 7.21. The van der Waals surface area contributed by atoms with E-state index in [2.05, 4.69) is 40.4 Å². The minimum absolute atomic E-state index is 0.298. The van der Waals surface area contributed by atoms with E-state index >= 15 is 0 Å². The van der Waals surface area contributed by atoms with Crippen LogP contribution in [-0.4, -0.2) is 38.6 Å². The summed E-state index contributed by atoms with van der Waals surface area (Å²) in [5, 5.41) is 4.23. The fourth-order valence-electron chi connectivity index (χ4n) is 4.08. The van der Waals surface area contributed by atoms with Crippen LogP contribution in [0.4, 0.5) is 11.5 Å². The number of nitrogens with one attached hydrogen (secondary N) is 1. The maximum atomic E-state index is 6.26. The van der Waals surface area contributed by atoms with Crippen LogP contribution in [0.1, 0.15) is 30.9 Å². The van der Waals surface area contributed by atoms with E-state index in [1.165, 1.54) is 11.9 Å². The topological polar surface area (TPSA) is 65.5 Å². The zero-order chi connectivity index (χ0) is 24.1. The fourth-order valence-corrected chi connectivity index (χ4v) is 4.08. The number of hydrogen-bond acceptors (Lipinski definition) is 6. The highest BCUT2D eigenvalue weighted by molar-refractivity contribution is 6.32. The lowest BCUT2D eigenvalue weighted by molar-refractivity contribution is 0.339. The van der Waals surface area contributed by atoms with Gasteiger partial charge in [-0.1, -0.05) is 30.6 Å². The lowest BCUT2D eigenvalue weighted by atomic mass is 9.88. The summed E-state index contributed by atoms with van der Waals surface area (Å²) in [4.78, 5) is 8.83. The summed E-state index contributed by atoms with van der Waals surface area (Å²) in [7, 11) is 9.47. The molecule has 6 nitrogen and oxygen atoms in total. The number of anilines is 2. The first kappa shape index (κ1) is 23.4. The molecular weight excluding hydrogens is 425 g/mol. The minimum atomic E-state index is 0.298. The Balaban J connectivity index is 1.60. The molecule has 172 valence electrons. The van der Waals surface area contributed by atoms with Gasteiger partial charge in [0.15, 0.2) is 11.5 Å². The van der Waals surface area contributed by atoms with Gasteiger partial charge in [-0.3, -0.25) is 0 Å². The Hall–Kier alpha value is -3.74. The fraction of sp³-hybridized carbons (Fsp3) is 0.259. The van der Waals surface area contributed by atoms with Crippen LogP contribution in [0.3, 0.4) is 0 Å². The largest absolute Gasteiger partial charge is 0.494 e. The van der Waals surface area contributed by atoms with E-state index in [4.69, 9.17) is 22.1 Å². The van der Waals surface area contributed by atoms with Gasteiger partial charge in [-0.2, -0.15) is 0 Å². The molecule has 0 spiro atoms. The number of aromatic nitrogens is 2. The smallest absolute Gasteiger partial charge is 0.162 e. The maximum absolute atomic E-state index is 6.26. The Morgan fingerprint density at radius 3 is 2.53 bits per heavy atom. The van der Waals surface area contributed by atoms with Gasteiger partial charge in [0.05, 0.1) is 26.3 Å². The van der Waals surface area contributed by atoms with Gasteiger partial charge in [0.2, 0.25) is 0 Å². The molecule has 34 heavy (non-hydrogen) atoms. The van der Waals surface area contributed by atoms with Gasteiger partial charge in [0, 0.05) is 17.1 Å². The third kappa shape index (κ3) is 5.25. The number of methoxy groups -OCH3 is 2. The van der Waals surface area contributed by atoms with Crippen molar-refractivity contribution in [2.45, 2.75) is 26.2 Å². The van der Waals surface area contributed by atoms with Crippen LogP contribution in [0.5, 0.6) is 17.2 Å². The minimum Gasteiger partial charge on any atom is -0.494 e. The Morgan fingerprint density at radius 1 is 0.971 bits per heavy atom. The van der Waals surface area contributed by atoms with Crippen molar-refractivity contribution in [2.75, 3.05) is 26.1 Å². The summed E-state index contributed by atoms with van der Waals surface area (Å²) in [6.45, 7) is 4.85. The zero-order valence-electron chi connectivity index (χ0n) is 20.0. The molecule has 0 bridgehead atoms. The van der Waals surface area contributed by atoms with Gasteiger partial charge in [-0.25, -0.2) is 9.97 Å². The highest BCUT2D eigenvalue weighted by atomic mass is 16.5. The maximum Gasteiger partial charge on any atom is 0.162 e. The molecule has 0 fully saturated rings. The summed E-state index contributed by atoms with van der Waals surface area (Å²) in [5.74, 6) is 3.09. The van der Waals surface area contributed by atoms with E-state index < -0.39 is 0 Å². The molecule has 0 amide bonds. The molecule has 0 aliphatic rings. The standard InChI is InChI=1S/C27H28BN3O3/c1-5-34-22-8-6-7-19(12-22)17(2)9-18-10-20(28)13-21(11-18)31-27-23-14-25(32-3)26(33-4)15-24(23)29-16-30-27/h6-8,10-17H,5,9H2,1-4H3,(H,29,30,31)/t17-/m1/s1. The van der Waals surface area contributed by atoms with Crippen LogP contribution >= 0.6 is 0 Å². The van der Waals surface area contributed by atoms with Gasteiger partial charge in [-0.15, -0.1) is 0 Å². The van der Waals surface area contributed by atoms with Crippen LogP contribution in [0, 0.1) is 0 Å². The Bertz CT molecular complexity index is 1300. The number of ether oxygens (including phenoxy) is 3. The van der Waals surface area contributed by atoms with Crippen molar-refractivity contribution in [1.29, 1.82) is 0 Å². The third-order valence-corrected chi connectivity index (χ3v) is 5.70. The van der Waals surface area contributed by atoms with Crippen LogP contribution in [0.15, 0.2) is 60.9 Å². The average molecular weight is 453 g/mol. The first-order chi connectivity index (χ1) is 16.5. The van der Waals surface area contributed by atoms with Crippen molar-refractivity contribution in [3.05, 3.63) is 72.1 Å². The predicted octanol–water partition coefficient (Wildman–Crippen LogP) is 4.93. The second-order valence-corrected chi connectivity index (χ2v) is 8.15. The van der Waals surface area contributed by atoms with Crippen molar-refractivity contribution in [1.82, 2.24) is 9.97 Å². The molecule has 3 aromatic carbocycles. The first-order valence-corrected chi connectivity index (χ1v) is 11.3. The van der Waals surface area contributed by atoms with E-state index in [0.29, 0.717) is 35.3 Å². The monoisotopic (exact) mass is 453 g/mol. The Morgan fingerprint density at radius 2 is 1.76 bits per heavy atom. The van der Waals surface area contributed by atoms with Crippen LogP contribution in [-0.2, 0) is 6.42 Å². The molecule has 0 unspecified atom stereocenters. The molecule has 1 N–H and O–H groups in total. The van der Waals surface area contributed by atoms with Crippen molar-refractivity contribution < 1.29 is 14.2 Å². The molecule has 2 radical (unpaired) electrons. The predicted molar refractivity (Wildman–Crippen MR) is 137 cm³/mol. The normalized spacial score (nSPS) is 11.8. The van der Waals surface area contributed by atoms with Crippen molar-refractivity contribution in [2.24, 2.45) is 0 Å². The summed E-state index contributed by atoms with van der Waals surface area (Å²) < 4.78 is 16.5. The second kappa shape index (κ2) is 10.5. The summed E-state index contributed by atoms with van der Waals surface area (Å²) >= 11 is 0. The molecular formula is C27H28BN3O3. The molecule has 0 saturated carbocycles. The molecule has 4 aromatic rings. The van der Waals surface area contributed by atoms with Crippen molar-refractivity contribution in [3.63, 3.8) is 0 Å². The number of rotatable bonds is 9.